The maximum atomic E-state index is 10.3. The van der Waals surface area contributed by atoms with E-state index in [2.05, 4.69) is 10.1 Å². The van der Waals surface area contributed by atoms with Crippen LogP contribution in [0.4, 0.5) is 0 Å². The lowest BCUT2D eigenvalue weighted by Gasteiger charge is -2.13. The number of methoxy groups -OCH3 is 1. The monoisotopic (exact) mass is 233 g/mol. The first kappa shape index (κ1) is 11.6. The number of ether oxygens (including phenoxy) is 1. The molecule has 0 bridgehead atoms. The molecule has 0 fully saturated rings. The molecule has 90 valence electrons. The van der Waals surface area contributed by atoms with Gasteiger partial charge in [0.05, 0.1) is 19.0 Å². The second kappa shape index (κ2) is 4.97. The highest BCUT2D eigenvalue weighted by Gasteiger charge is 2.15. The molecular weight excluding hydrogens is 218 g/mol. The molecule has 17 heavy (non-hydrogen) atoms. The molecule has 1 N–H and O–H groups in total. The van der Waals surface area contributed by atoms with Crippen molar-refractivity contribution in [2.75, 3.05) is 7.11 Å². The van der Waals surface area contributed by atoms with Crippen LogP contribution in [0.2, 0.25) is 0 Å². The molecule has 0 saturated heterocycles. The molecule has 5 nitrogen and oxygen atoms in total. The average Bonchev–Trinajstić information content (AvgIpc) is 2.86. The summed E-state index contributed by atoms with van der Waals surface area (Å²) in [6.45, 7) is 2.70. The van der Waals surface area contributed by atoms with Gasteiger partial charge in [-0.2, -0.15) is 5.10 Å². The van der Waals surface area contributed by atoms with Crippen molar-refractivity contribution < 1.29 is 9.84 Å². The van der Waals surface area contributed by atoms with Crippen molar-refractivity contribution in [1.82, 2.24) is 14.8 Å². The number of aliphatic hydroxyl groups is 1. The minimum absolute atomic E-state index is 0.629. The van der Waals surface area contributed by atoms with Gasteiger partial charge in [-0.3, -0.25) is 9.67 Å². The molecule has 2 aromatic rings. The van der Waals surface area contributed by atoms with Gasteiger partial charge in [0.15, 0.2) is 0 Å². The molecule has 0 amide bonds. The van der Waals surface area contributed by atoms with Crippen molar-refractivity contribution in [2.45, 2.75) is 19.6 Å². The number of aryl methyl sites for hydroxylation is 1. The number of pyridine rings is 1. The van der Waals surface area contributed by atoms with Gasteiger partial charge >= 0.3 is 0 Å². The number of aliphatic hydroxyl groups excluding tert-OH is 1. The first-order valence-corrected chi connectivity index (χ1v) is 5.45. The quantitative estimate of drug-likeness (QED) is 0.866. The third kappa shape index (κ3) is 2.29. The van der Waals surface area contributed by atoms with E-state index in [1.807, 2.05) is 6.92 Å². The van der Waals surface area contributed by atoms with Crippen molar-refractivity contribution in [1.29, 1.82) is 0 Å². The molecule has 0 aromatic carbocycles. The highest BCUT2D eigenvalue weighted by atomic mass is 16.5. The highest BCUT2D eigenvalue weighted by molar-refractivity contribution is 5.29. The summed E-state index contributed by atoms with van der Waals surface area (Å²) in [5, 5.41) is 14.4. The Labute approximate surface area is 99.7 Å². The Bertz CT molecular complexity index is 496. The van der Waals surface area contributed by atoms with E-state index in [0.717, 1.165) is 12.2 Å². The van der Waals surface area contributed by atoms with Crippen LogP contribution >= 0.6 is 0 Å². The lowest BCUT2D eigenvalue weighted by Crippen LogP contribution is -2.09. The van der Waals surface area contributed by atoms with Crippen LogP contribution in [0, 0.1) is 0 Å². The number of rotatable bonds is 4. The zero-order valence-electron chi connectivity index (χ0n) is 9.87. The fraction of sp³-hybridized carbons (Fsp3) is 0.333. The second-order valence-corrected chi connectivity index (χ2v) is 3.63. The molecule has 2 aromatic heterocycles. The zero-order valence-corrected chi connectivity index (χ0v) is 9.87. The van der Waals surface area contributed by atoms with Crippen LogP contribution in [-0.4, -0.2) is 27.0 Å². The van der Waals surface area contributed by atoms with Crippen LogP contribution in [0.1, 0.15) is 24.3 Å². The Hall–Kier alpha value is -1.88. The Kier molecular flexibility index (Phi) is 3.39. The van der Waals surface area contributed by atoms with E-state index < -0.39 is 6.10 Å². The fourth-order valence-corrected chi connectivity index (χ4v) is 1.71. The van der Waals surface area contributed by atoms with Crippen molar-refractivity contribution >= 4 is 0 Å². The molecule has 0 aliphatic heterocycles. The molecule has 1 atom stereocenters. The van der Waals surface area contributed by atoms with Crippen LogP contribution in [0.25, 0.3) is 0 Å². The summed E-state index contributed by atoms with van der Waals surface area (Å²) in [5.41, 5.74) is 1.45. The lowest BCUT2D eigenvalue weighted by atomic mass is 10.1. The van der Waals surface area contributed by atoms with Crippen molar-refractivity contribution in [3.05, 3.63) is 42.0 Å². The van der Waals surface area contributed by atoms with Gasteiger partial charge in [0.2, 0.25) is 0 Å². The Morgan fingerprint density at radius 3 is 3.00 bits per heavy atom. The van der Waals surface area contributed by atoms with E-state index in [4.69, 9.17) is 4.74 Å². The summed E-state index contributed by atoms with van der Waals surface area (Å²) in [4.78, 5) is 4.03. The molecule has 0 spiro atoms. The molecule has 2 rings (SSSR count). The minimum Gasteiger partial charge on any atom is -0.495 e. The van der Waals surface area contributed by atoms with Crippen molar-refractivity contribution in [2.24, 2.45) is 0 Å². The lowest BCUT2D eigenvalue weighted by molar-refractivity contribution is 0.207. The molecule has 0 saturated carbocycles. The highest BCUT2D eigenvalue weighted by Crippen LogP contribution is 2.23. The van der Waals surface area contributed by atoms with E-state index in [1.54, 1.807) is 42.5 Å². The van der Waals surface area contributed by atoms with Crippen LogP contribution in [0.3, 0.4) is 0 Å². The average molecular weight is 233 g/mol. The van der Waals surface area contributed by atoms with Crippen LogP contribution in [0.15, 0.2) is 30.7 Å². The third-order valence-electron chi connectivity index (χ3n) is 2.61. The molecule has 0 aliphatic carbocycles. The van der Waals surface area contributed by atoms with E-state index in [0.29, 0.717) is 11.3 Å². The summed E-state index contributed by atoms with van der Waals surface area (Å²) in [5.74, 6) is 0.629. The van der Waals surface area contributed by atoms with Gasteiger partial charge in [-0.1, -0.05) is 0 Å². The SMILES string of the molecule is CCn1nccc1C(O)c1cncc(OC)c1. The summed E-state index contributed by atoms with van der Waals surface area (Å²) >= 11 is 0. The number of aromatic nitrogens is 3. The predicted octanol–water partition coefficient (Wildman–Crippen LogP) is 1.39. The maximum Gasteiger partial charge on any atom is 0.137 e. The smallest absolute Gasteiger partial charge is 0.137 e. The van der Waals surface area contributed by atoms with Gasteiger partial charge in [-0.25, -0.2) is 0 Å². The van der Waals surface area contributed by atoms with Gasteiger partial charge in [0.1, 0.15) is 11.9 Å². The number of hydrogen-bond acceptors (Lipinski definition) is 4. The topological polar surface area (TPSA) is 60.2 Å². The molecular formula is C12H15N3O2. The van der Waals surface area contributed by atoms with E-state index in [1.165, 1.54) is 0 Å². The Morgan fingerprint density at radius 2 is 2.29 bits per heavy atom. The summed E-state index contributed by atoms with van der Waals surface area (Å²) in [7, 11) is 1.57. The predicted molar refractivity (Wildman–Crippen MR) is 62.8 cm³/mol. The molecule has 1 unspecified atom stereocenters. The van der Waals surface area contributed by atoms with E-state index in [9.17, 15) is 5.11 Å². The van der Waals surface area contributed by atoms with Gasteiger partial charge in [-0.05, 0) is 19.1 Å². The van der Waals surface area contributed by atoms with Gasteiger partial charge in [0, 0.05) is 24.5 Å². The maximum absolute atomic E-state index is 10.3. The first-order valence-electron chi connectivity index (χ1n) is 5.45. The number of nitrogens with zero attached hydrogens (tertiary/aromatic N) is 3. The van der Waals surface area contributed by atoms with Gasteiger partial charge < -0.3 is 9.84 Å². The second-order valence-electron chi connectivity index (χ2n) is 3.63. The zero-order chi connectivity index (χ0) is 12.3. The Balaban J connectivity index is 2.33. The molecule has 5 heteroatoms. The molecule has 0 aliphatic rings. The number of hydrogen-bond donors (Lipinski definition) is 1. The van der Waals surface area contributed by atoms with Crippen molar-refractivity contribution in [3.63, 3.8) is 0 Å². The third-order valence-corrected chi connectivity index (χ3v) is 2.61. The van der Waals surface area contributed by atoms with Crippen LogP contribution < -0.4 is 4.74 Å². The van der Waals surface area contributed by atoms with Crippen LogP contribution in [0.5, 0.6) is 5.75 Å². The fourth-order valence-electron chi connectivity index (χ4n) is 1.71. The van der Waals surface area contributed by atoms with Gasteiger partial charge in [-0.15, -0.1) is 0 Å². The molecule has 0 radical (unpaired) electrons. The van der Waals surface area contributed by atoms with Gasteiger partial charge in [0.25, 0.3) is 0 Å². The Morgan fingerprint density at radius 1 is 1.47 bits per heavy atom. The summed E-state index contributed by atoms with van der Waals surface area (Å²) in [6.07, 6.45) is 4.17. The van der Waals surface area contributed by atoms with Crippen molar-refractivity contribution in [3.8, 4) is 5.75 Å². The first-order chi connectivity index (χ1) is 8.26. The van der Waals surface area contributed by atoms with E-state index in [-0.39, 0.29) is 0 Å². The van der Waals surface area contributed by atoms with Crippen LogP contribution in [-0.2, 0) is 6.54 Å². The minimum atomic E-state index is -0.736. The van der Waals surface area contributed by atoms with E-state index >= 15 is 0 Å². The largest absolute Gasteiger partial charge is 0.495 e. The standard InChI is InChI=1S/C12H15N3O2/c1-3-15-11(4-5-14-15)12(16)9-6-10(17-2)8-13-7-9/h4-8,12,16H,3H2,1-2H3. The normalized spacial score (nSPS) is 12.4. The summed E-state index contributed by atoms with van der Waals surface area (Å²) in [6, 6.07) is 3.57. The summed E-state index contributed by atoms with van der Waals surface area (Å²) < 4.78 is 6.84. The molecule has 2 heterocycles.